The number of nitrogens with zero attached hydrogens (tertiary/aromatic N) is 1. The molecule has 0 aliphatic heterocycles. The van der Waals surface area contributed by atoms with E-state index in [0.29, 0.717) is 27.6 Å². The van der Waals surface area contributed by atoms with Crippen molar-refractivity contribution in [2.24, 2.45) is 0 Å². The van der Waals surface area contributed by atoms with Crippen LogP contribution in [-0.2, 0) is 19.3 Å². The number of rotatable bonds is 5. The topological polar surface area (TPSA) is 23.5 Å². The molecule has 2 nitrogen and oxygen atoms in total. The Morgan fingerprint density at radius 2 is 1.67 bits per heavy atom. The van der Waals surface area contributed by atoms with Gasteiger partial charge in [-0.05, 0) is 61.6 Å². The highest BCUT2D eigenvalue weighted by molar-refractivity contribution is 7.99. The second-order valence-electron chi connectivity index (χ2n) is 5.57. The molecule has 2 rings (SSSR count). The summed E-state index contributed by atoms with van der Waals surface area (Å²) in [6.07, 6.45) is -4.37. The van der Waals surface area contributed by atoms with Crippen LogP contribution in [0.2, 0.25) is 5.02 Å². The van der Waals surface area contributed by atoms with Gasteiger partial charge in [-0.2, -0.15) is 13.2 Å². The third-order valence-electron chi connectivity index (χ3n) is 3.29. The summed E-state index contributed by atoms with van der Waals surface area (Å²) in [7, 11) is 3.60. The Bertz CT molecular complexity index is 719. The quantitative estimate of drug-likeness (QED) is 0.789. The van der Waals surface area contributed by atoms with Crippen molar-refractivity contribution >= 4 is 23.4 Å². The molecule has 7 heteroatoms. The first-order valence-electron chi connectivity index (χ1n) is 7.12. The summed E-state index contributed by atoms with van der Waals surface area (Å²) < 4.78 is 38.9. The highest BCUT2D eigenvalue weighted by atomic mass is 35.5. The van der Waals surface area contributed by atoms with Gasteiger partial charge in [-0.25, -0.2) is 0 Å². The van der Waals surface area contributed by atoms with Crippen LogP contribution >= 0.6 is 23.4 Å². The van der Waals surface area contributed by atoms with Crippen molar-refractivity contribution in [2.75, 3.05) is 14.1 Å². The molecule has 0 heterocycles. The third-order valence-corrected chi connectivity index (χ3v) is 4.76. The number of alkyl halides is 3. The molecule has 0 amide bonds. The zero-order valence-corrected chi connectivity index (χ0v) is 14.8. The van der Waals surface area contributed by atoms with Crippen LogP contribution in [0.25, 0.3) is 0 Å². The highest BCUT2D eigenvalue weighted by Gasteiger charge is 2.31. The summed E-state index contributed by atoms with van der Waals surface area (Å²) in [5, 5.41) is 9.96. The van der Waals surface area contributed by atoms with Crippen molar-refractivity contribution in [1.82, 2.24) is 4.90 Å². The summed E-state index contributed by atoms with van der Waals surface area (Å²) in [5.74, 6) is 0. The molecule has 2 aromatic carbocycles. The van der Waals surface area contributed by atoms with Crippen molar-refractivity contribution in [1.29, 1.82) is 0 Å². The normalized spacial score (nSPS) is 12.0. The van der Waals surface area contributed by atoms with E-state index >= 15 is 0 Å². The molecular weight excluding hydrogens is 359 g/mol. The summed E-state index contributed by atoms with van der Waals surface area (Å²) in [5.41, 5.74) is 0.559. The zero-order valence-electron chi connectivity index (χ0n) is 13.2. The third kappa shape index (κ3) is 4.89. The number of aliphatic hydroxyl groups excluding tert-OH is 1. The number of benzene rings is 2. The Morgan fingerprint density at radius 3 is 2.25 bits per heavy atom. The van der Waals surface area contributed by atoms with Crippen LogP contribution in [0.5, 0.6) is 0 Å². The van der Waals surface area contributed by atoms with Crippen LogP contribution in [0.15, 0.2) is 46.2 Å². The maximum atomic E-state index is 13.0. The van der Waals surface area contributed by atoms with E-state index in [4.69, 9.17) is 11.6 Å². The van der Waals surface area contributed by atoms with Gasteiger partial charge in [-0.3, -0.25) is 0 Å². The summed E-state index contributed by atoms with van der Waals surface area (Å²) in [6.45, 7) is 0.195. The lowest BCUT2D eigenvalue weighted by Gasteiger charge is -2.17. The van der Waals surface area contributed by atoms with Gasteiger partial charge in [0.2, 0.25) is 0 Å². The maximum absolute atomic E-state index is 13.0. The molecule has 0 fully saturated rings. The van der Waals surface area contributed by atoms with Gasteiger partial charge in [0.15, 0.2) is 0 Å². The summed E-state index contributed by atoms with van der Waals surface area (Å²) in [4.78, 5) is 3.30. The molecule has 0 saturated carbocycles. The molecule has 0 aliphatic rings. The van der Waals surface area contributed by atoms with E-state index in [2.05, 4.69) is 0 Å². The molecule has 1 N–H and O–H groups in total. The van der Waals surface area contributed by atoms with Crippen LogP contribution in [0.3, 0.4) is 0 Å². The summed E-state index contributed by atoms with van der Waals surface area (Å²) in [6, 6.07) is 8.84. The minimum absolute atomic E-state index is 0.188. The SMILES string of the molecule is CN(C)Cc1cc(C(F)(F)F)ccc1Sc1ccc(Cl)cc1CO. The smallest absolute Gasteiger partial charge is 0.392 e. The molecule has 24 heavy (non-hydrogen) atoms. The van der Waals surface area contributed by atoms with E-state index < -0.39 is 11.7 Å². The number of hydrogen-bond donors (Lipinski definition) is 1. The molecule has 0 saturated heterocycles. The predicted molar refractivity (Wildman–Crippen MR) is 90.3 cm³/mol. The monoisotopic (exact) mass is 375 g/mol. The van der Waals surface area contributed by atoms with Crippen molar-refractivity contribution in [2.45, 2.75) is 29.1 Å². The van der Waals surface area contributed by atoms with Gasteiger partial charge in [0.05, 0.1) is 12.2 Å². The van der Waals surface area contributed by atoms with Crippen LogP contribution in [0.1, 0.15) is 16.7 Å². The lowest BCUT2D eigenvalue weighted by molar-refractivity contribution is -0.137. The molecule has 0 aromatic heterocycles. The fourth-order valence-corrected chi connectivity index (χ4v) is 3.42. The fraction of sp³-hybridized carbons (Fsp3) is 0.294. The van der Waals surface area contributed by atoms with E-state index in [9.17, 15) is 18.3 Å². The van der Waals surface area contributed by atoms with Gasteiger partial charge in [-0.1, -0.05) is 23.4 Å². The molecule has 0 radical (unpaired) electrons. The van der Waals surface area contributed by atoms with Crippen LogP contribution in [0.4, 0.5) is 13.2 Å². The Labute approximate surface area is 148 Å². The largest absolute Gasteiger partial charge is 0.416 e. The van der Waals surface area contributed by atoms with Crippen molar-refractivity contribution in [3.05, 3.63) is 58.1 Å². The van der Waals surface area contributed by atoms with Crippen molar-refractivity contribution < 1.29 is 18.3 Å². The first-order valence-corrected chi connectivity index (χ1v) is 8.32. The molecule has 0 spiro atoms. The second kappa shape index (κ2) is 7.78. The lowest BCUT2D eigenvalue weighted by atomic mass is 10.1. The Morgan fingerprint density at radius 1 is 1.04 bits per heavy atom. The van der Waals surface area contributed by atoms with Gasteiger partial charge in [0.1, 0.15) is 0 Å². The summed E-state index contributed by atoms with van der Waals surface area (Å²) >= 11 is 7.24. The number of hydrogen-bond acceptors (Lipinski definition) is 3. The average molecular weight is 376 g/mol. The van der Waals surface area contributed by atoms with E-state index in [1.807, 2.05) is 4.90 Å². The lowest BCUT2D eigenvalue weighted by Crippen LogP contribution is -2.13. The second-order valence-corrected chi connectivity index (χ2v) is 7.09. The average Bonchev–Trinajstić information content (AvgIpc) is 2.49. The number of halogens is 4. The fourth-order valence-electron chi connectivity index (χ4n) is 2.21. The number of aliphatic hydroxyl groups is 1. The van der Waals surface area contributed by atoms with Gasteiger partial charge in [0.25, 0.3) is 0 Å². The first kappa shape index (κ1) is 19.1. The highest BCUT2D eigenvalue weighted by Crippen LogP contribution is 2.37. The van der Waals surface area contributed by atoms with Gasteiger partial charge >= 0.3 is 6.18 Å². The van der Waals surface area contributed by atoms with Gasteiger partial charge < -0.3 is 10.0 Å². The van der Waals surface area contributed by atoms with E-state index in [0.717, 1.165) is 11.0 Å². The molecule has 0 atom stereocenters. The first-order chi connectivity index (χ1) is 11.2. The Hall–Kier alpha value is -1.21. The zero-order chi connectivity index (χ0) is 17.9. The molecule has 2 aromatic rings. The molecule has 0 aliphatic carbocycles. The van der Waals surface area contributed by atoms with Crippen LogP contribution in [0, 0.1) is 0 Å². The van der Waals surface area contributed by atoms with Crippen molar-refractivity contribution in [3.63, 3.8) is 0 Å². The van der Waals surface area contributed by atoms with Gasteiger partial charge in [0, 0.05) is 21.4 Å². The predicted octanol–water partition coefficient (Wildman–Crippen LogP) is 5.06. The van der Waals surface area contributed by atoms with E-state index in [-0.39, 0.29) is 6.61 Å². The van der Waals surface area contributed by atoms with Crippen LogP contribution < -0.4 is 0 Å². The minimum Gasteiger partial charge on any atom is -0.392 e. The Balaban J connectivity index is 2.42. The molecule has 0 bridgehead atoms. The standard InChI is InChI=1S/C17H17ClF3NOS/c1-22(2)9-11-7-13(17(19,20)21)3-5-15(11)24-16-6-4-14(18)8-12(16)10-23/h3-8,23H,9-10H2,1-2H3. The van der Waals surface area contributed by atoms with Crippen molar-refractivity contribution in [3.8, 4) is 0 Å². The van der Waals surface area contributed by atoms with Gasteiger partial charge in [-0.15, -0.1) is 0 Å². The van der Waals surface area contributed by atoms with E-state index in [1.54, 1.807) is 32.3 Å². The molecule has 0 unspecified atom stereocenters. The maximum Gasteiger partial charge on any atom is 0.416 e. The molecule has 130 valence electrons. The molecular formula is C17H17ClF3NOS. The Kier molecular flexibility index (Phi) is 6.20. The van der Waals surface area contributed by atoms with Crippen LogP contribution in [-0.4, -0.2) is 24.1 Å². The minimum atomic E-state index is -4.37. The van der Waals surface area contributed by atoms with E-state index in [1.165, 1.54) is 23.9 Å².